The van der Waals surface area contributed by atoms with Crippen LogP contribution < -0.4 is 11.1 Å². The number of benzene rings is 2. The first-order valence-corrected chi connectivity index (χ1v) is 13.0. The minimum Gasteiger partial charge on any atom is -0.393 e. The smallest absolute Gasteiger partial charge is 0.294 e. The zero-order chi connectivity index (χ0) is 29.6. The van der Waals surface area contributed by atoms with E-state index in [-0.39, 0.29) is 28.7 Å². The molecule has 0 unspecified atom stereocenters. The molecule has 0 aliphatic heterocycles. The Morgan fingerprint density at radius 3 is 1.68 bits per heavy atom. The number of carbonyl (C=O) groups is 1. The Labute approximate surface area is 244 Å². The van der Waals surface area contributed by atoms with Gasteiger partial charge < -0.3 is 11.1 Å². The fourth-order valence-electron chi connectivity index (χ4n) is 3.16. The van der Waals surface area contributed by atoms with Crippen molar-refractivity contribution in [3.63, 3.8) is 0 Å². The molecule has 0 radical (unpaired) electrons. The SMILES string of the molecule is CC(C)(C)C(=O)Nc1c(-c2ncccn2)cc(Br)cc1[N+](=O)[O-].Nc1c(-c2ncccn2)cc(Br)cc1[N+](=O)[O-]. The highest BCUT2D eigenvalue weighted by Gasteiger charge is 2.28. The number of amides is 1. The van der Waals surface area contributed by atoms with E-state index in [2.05, 4.69) is 57.1 Å². The van der Waals surface area contributed by atoms with Crippen molar-refractivity contribution in [1.29, 1.82) is 0 Å². The lowest BCUT2D eigenvalue weighted by molar-refractivity contribution is -0.384. The Balaban J connectivity index is 0.000000230. The van der Waals surface area contributed by atoms with Gasteiger partial charge in [0.2, 0.25) is 5.91 Å². The fourth-order valence-corrected chi connectivity index (χ4v) is 4.05. The van der Waals surface area contributed by atoms with Crippen LogP contribution in [-0.4, -0.2) is 35.7 Å². The quantitative estimate of drug-likeness (QED) is 0.140. The van der Waals surface area contributed by atoms with Crippen LogP contribution in [0.5, 0.6) is 0 Å². The molecule has 15 heteroatoms. The Hall–Kier alpha value is -4.37. The first kappa shape index (κ1) is 30.2. The van der Waals surface area contributed by atoms with Gasteiger partial charge in [0.25, 0.3) is 11.4 Å². The maximum absolute atomic E-state index is 12.3. The Morgan fingerprint density at radius 1 is 0.800 bits per heavy atom. The number of nitro benzene ring substituents is 2. The zero-order valence-electron chi connectivity index (χ0n) is 21.3. The molecule has 4 rings (SSSR count). The third-order valence-electron chi connectivity index (χ3n) is 5.13. The molecule has 0 atom stereocenters. The molecule has 0 fully saturated rings. The van der Waals surface area contributed by atoms with E-state index in [1.807, 2.05) is 0 Å². The summed E-state index contributed by atoms with van der Waals surface area (Å²) in [5, 5.41) is 24.8. The maximum atomic E-state index is 12.3. The molecule has 0 saturated carbocycles. The highest BCUT2D eigenvalue weighted by molar-refractivity contribution is 9.10. The summed E-state index contributed by atoms with van der Waals surface area (Å²) < 4.78 is 1.06. The van der Waals surface area contributed by atoms with Crippen molar-refractivity contribution in [2.45, 2.75) is 20.8 Å². The zero-order valence-corrected chi connectivity index (χ0v) is 24.5. The second kappa shape index (κ2) is 12.7. The number of nitrogens with one attached hydrogen (secondary N) is 1. The number of hydrogen-bond donors (Lipinski definition) is 2. The van der Waals surface area contributed by atoms with Crippen molar-refractivity contribution in [1.82, 2.24) is 19.9 Å². The van der Waals surface area contributed by atoms with Crippen LogP contribution in [-0.2, 0) is 4.79 Å². The van der Waals surface area contributed by atoms with Crippen molar-refractivity contribution < 1.29 is 14.6 Å². The van der Waals surface area contributed by atoms with Crippen LogP contribution in [0.15, 0.2) is 70.1 Å². The number of aromatic nitrogens is 4. The van der Waals surface area contributed by atoms with Gasteiger partial charge in [-0.1, -0.05) is 52.6 Å². The molecule has 0 aliphatic carbocycles. The highest BCUT2D eigenvalue weighted by atomic mass is 79.9. The molecule has 2 heterocycles. The molecule has 4 aromatic rings. The Morgan fingerprint density at radius 2 is 1.23 bits per heavy atom. The second-order valence-corrected chi connectivity index (χ2v) is 10.9. The molecule has 2 aromatic carbocycles. The molecule has 2 aromatic heterocycles. The van der Waals surface area contributed by atoms with Crippen molar-refractivity contribution in [2.24, 2.45) is 5.41 Å². The van der Waals surface area contributed by atoms with Gasteiger partial charge in [-0.05, 0) is 24.3 Å². The van der Waals surface area contributed by atoms with Crippen LogP contribution in [0.2, 0.25) is 0 Å². The van der Waals surface area contributed by atoms with E-state index < -0.39 is 15.3 Å². The van der Waals surface area contributed by atoms with E-state index in [4.69, 9.17) is 5.73 Å². The van der Waals surface area contributed by atoms with Crippen molar-refractivity contribution in [3.8, 4) is 22.8 Å². The lowest BCUT2D eigenvalue weighted by Crippen LogP contribution is -2.28. The van der Waals surface area contributed by atoms with Gasteiger partial charge in [-0.2, -0.15) is 0 Å². The number of carbonyl (C=O) groups excluding carboxylic acids is 1. The number of hydrogen-bond acceptors (Lipinski definition) is 10. The third kappa shape index (κ3) is 7.39. The van der Waals surface area contributed by atoms with Gasteiger partial charge in [0.05, 0.1) is 21.0 Å². The summed E-state index contributed by atoms with van der Waals surface area (Å²) in [5.74, 6) is 0.315. The molecule has 0 aliphatic rings. The lowest BCUT2D eigenvalue weighted by atomic mass is 9.95. The van der Waals surface area contributed by atoms with Crippen LogP contribution in [0, 0.1) is 25.6 Å². The van der Waals surface area contributed by atoms with Gasteiger partial charge in [0.1, 0.15) is 11.4 Å². The van der Waals surface area contributed by atoms with Crippen LogP contribution in [0.4, 0.5) is 22.7 Å². The molecule has 40 heavy (non-hydrogen) atoms. The van der Waals surface area contributed by atoms with Crippen LogP contribution in [0.25, 0.3) is 22.8 Å². The van der Waals surface area contributed by atoms with Crippen LogP contribution >= 0.6 is 31.9 Å². The average Bonchev–Trinajstić information content (AvgIpc) is 2.91. The van der Waals surface area contributed by atoms with Crippen LogP contribution in [0.1, 0.15) is 20.8 Å². The molecule has 0 spiro atoms. The van der Waals surface area contributed by atoms with Crippen molar-refractivity contribution in [3.05, 3.63) is 90.4 Å². The van der Waals surface area contributed by atoms with E-state index in [1.165, 1.54) is 24.5 Å². The van der Waals surface area contributed by atoms with Gasteiger partial charge in [0, 0.05) is 51.3 Å². The first-order valence-electron chi connectivity index (χ1n) is 11.4. The largest absolute Gasteiger partial charge is 0.393 e. The molecule has 13 nitrogen and oxygen atoms in total. The molecule has 1 amide bonds. The number of rotatable bonds is 5. The second-order valence-electron chi connectivity index (χ2n) is 9.10. The van der Waals surface area contributed by atoms with E-state index in [0.717, 1.165) is 0 Å². The molecule has 3 N–H and O–H groups in total. The summed E-state index contributed by atoms with van der Waals surface area (Å²) in [6, 6.07) is 9.28. The number of nitrogens with two attached hydrogens (primary N) is 1. The number of anilines is 2. The number of nitrogen functional groups attached to an aromatic ring is 1. The van der Waals surface area contributed by atoms with Crippen molar-refractivity contribution >= 4 is 60.5 Å². The summed E-state index contributed by atoms with van der Waals surface area (Å²) in [4.78, 5) is 49.7. The predicted octanol–water partition coefficient (Wildman–Crippen LogP) is 6.20. The topological polar surface area (TPSA) is 193 Å². The molecule has 0 bridgehead atoms. The molecular formula is C25H22Br2N8O5. The average molecular weight is 674 g/mol. The monoisotopic (exact) mass is 672 g/mol. The molecular weight excluding hydrogens is 652 g/mol. The van der Waals surface area contributed by atoms with Gasteiger partial charge >= 0.3 is 0 Å². The summed E-state index contributed by atoms with van der Waals surface area (Å²) in [6.45, 7) is 5.18. The number of nitro groups is 2. The molecule has 206 valence electrons. The summed E-state index contributed by atoms with van der Waals surface area (Å²) in [7, 11) is 0. The van der Waals surface area contributed by atoms with Gasteiger partial charge in [0.15, 0.2) is 11.6 Å². The minimum absolute atomic E-state index is 0.0596. The van der Waals surface area contributed by atoms with Gasteiger partial charge in [-0.3, -0.25) is 25.0 Å². The maximum Gasteiger partial charge on any atom is 0.294 e. The van der Waals surface area contributed by atoms with E-state index in [1.54, 1.807) is 57.4 Å². The molecule has 0 saturated heterocycles. The first-order chi connectivity index (χ1) is 18.8. The number of nitrogens with zero attached hydrogens (tertiary/aromatic N) is 6. The fraction of sp³-hybridized carbons (Fsp3) is 0.160. The normalized spacial score (nSPS) is 10.7. The van der Waals surface area contributed by atoms with Gasteiger partial charge in [-0.15, -0.1) is 0 Å². The minimum atomic E-state index is -0.699. The summed E-state index contributed by atoms with van der Waals surface area (Å²) >= 11 is 6.44. The van der Waals surface area contributed by atoms with E-state index >= 15 is 0 Å². The third-order valence-corrected chi connectivity index (χ3v) is 6.05. The highest BCUT2D eigenvalue weighted by Crippen LogP contribution is 2.38. The predicted molar refractivity (Wildman–Crippen MR) is 156 cm³/mol. The standard InChI is InChI=1S/C15H15BrN4O3.C10H7BrN4O2/c1-15(2,3)14(21)19-12-10(13-17-5-4-6-18-13)7-9(16)8-11(12)20(22)23;11-6-4-7(10-13-2-1-3-14-10)9(12)8(5-6)15(16)17/h4-8H,1-3H3,(H,19,21);1-5H,12H2. The Kier molecular flexibility index (Phi) is 9.55. The number of halogens is 2. The lowest BCUT2D eigenvalue weighted by Gasteiger charge is -2.19. The summed E-state index contributed by atoms with van der Waals surface area (Å²) in [5.41, 5.74) is 5.62. The summed E-state index contributed by atoms with van der Waals surface area (Å²) in [6.07, 6.45) is 6.16. The van der Waals surface area contributed by atoms with Crippen LogP contribution in [0.3, 0.4) is 0 Å². The van der Waals surface area contributed by atoms with E-state index in [0.29, 0.717) is 31.7 Å². The Bertz CT molecular complexity index is 1570. The van der Waals surface area contributed by atoms with Crippen molar-refractivity contribution in [2.75, 3.05) is 11.1 Å². The van der Waals surface area contributed by atoms with Gasteiger partial charge in [-0.25, -0.2) is 19.9 Å². The van der Waals surface area contributed by atoms with E-state index in [9.17, 15) is 25.0 Å².